The van der Waals surface area contributed by atoms with Crippen LogP contribution in [0.15, 0.2) is 0 Å². The van der Waals surface area contributed by atoms with E-state index < -0.39 is 0 Å². The van der Waals surface area contributed by atoms with E-state index in [0.717, 1.165) is 51.4 Å². The lowest BCUT2D eigenvalue weighted by Crippen LogP contribution is -2.49. The van der Waals surface area contributed by atoms with Crippen molar-refractivity contribution in [2.45, 2.75) is 63.5 Å². The van der Waals surface area contributed by atoms with Crippen LogP contribution in [-0.4, -0.2) is 47.1 Å². The predicted octanol–water partition coefficient (Wildman–Crippen LogP) is 1.05. The van der Waals surface area contributed by atoms with Gasteiger partial charge in [-0.25, -0.2) is 0 Å². The van der Waals surface area contributed by atoms with Gasteiger partial charge in [0, 0.05) is 24.9 Å². The Kier molecular flexibility index (Phi) is 4.48. The molecular weight excluding hydrogens is 268 g/mol. The lowest BCUT2D eigenvalue weighted by Gasteiger charge is -2.34. The first kappa shape index (κ1) is 14.8. The quantitative estimate of drug-likeness (QED) is 0.817. The van der Waals surface area contributed by atoms with Gasteiger partial charge in [-0.3, -0.25) is 9.59 Å². The zero-order valence-electron chi connectivity index (χ0n) is 12.6. The number of rotatable bonds is 3. The summed E-state index contributed by atoms with van der Waals surface area (Å²) in [6, 6.07) is -0.0719. The van der Waals surface area contributed by atoms with Crippen LogP contribution in [0.3, 0.4) is 0 Å². The Hall–Kier alpha value is -1.10. The van der Waals surface area contributed by atoms with E-state index in [1.807, 2.05) is 4.90 Å². The molecule has 1 saturated heterocycles. The van der Waals surface area contributed by atoms with Crippen LogP contribution in [0, 0.1) is 11.8 Å². The molecule has 21 heavy (non-hydrogen) atoms. The van der Waals surface area contributed by atoms with Gasteiger partial charge in [-0.1, -0.05) is 12.8 Å². The Morgan fingerprint density at radius 3 is 2.19 bits per heavy atom. The third-order valence-corrected chi connectivity index (χ3v) is 5.16. The van der Waals surface area contributed by atoms with E-state index >= 15 is 0 Å². The number of nitrogens with zero attached hydrogens (tertiary/aromatic N) is 1. The van der Waals surface area contributed by atoms with E-state index in [4.69, 9.17) is 0 Å². The fourth-order valence-corrected chi connectivity index (χ4v) is 3.53. The summed E-state index contributed by atoms with van der Waals surface area (Å²) < 4.78 is 0. The summed E-state index contributed by atoms with van der Waals surface area (Å²) in [5.74, 6) is 0.631. The number of carbonyl (C=O) groups excluding carboxylic acids is 2. The molecule has 3 fully saturated rings. The Morgan fingerprint density at radius 1 is 0.905 bits per heavy atom. The lowest BCUT2D eigenvalue weighted by atomic mass is 9.90. The average Bonchev–Trinajstić information content (AvgIpc) is 3.34. The summed E-state index contributed by atoms with van der Waals surface area (Å²) in [4.78, 5) is 26.2. The maximum Gasteiger partial charge on any atom is 0.225 e. The van der Waals surface area contributed by atoms with Crippen LogP contribution in [0.4, 0.5) is 0 Å². The summed E-state index contributed by atoms with van der Waals surface area (Å²) in [5, 5.41) is 13.0. The molecule has 118 valence electrons. The molecule has 0 aromatic rings. The minimum Gasteiger partial charge on any atom is -0.391 e. The van der Waals surface area contributed by atoms with Crippen molar-refractivity contribution in [1.82, 2.24) is 10.2 Å². The average molecular weight is 294 g/mol. The fraction of sp³-hybridized carbons (Fsp3) is 0.875. The fourth-order valence-electron chi connectivity index (χ4n) is 3.53. The van der Waals surface area contributed by atoms with Crippen molar-refractivity contribution in [1.29, 1.82) is 0 Å². The van der Waals surface area contributed by atoms with Crippen LogP contribution in [0.2, 0.25) is 0 Å². The van der Waals surface area contributed by atoms with Gasteiger partial charge in [0.15, 0.2) is 0 Å². The molecule has 3 rings (SSSR count). The first-order valence-corrected chi connectivity index (χ1v) is 8.42. The molecule has 2 saturated carbocycles. The van der Waals surface area contributed by atoms with E-state index in [2.05, 4.69) is 5.32 Å². The number of nitrogens with one attached hydrogen (secondary N) is 1. The summed E-state index contributed by atoms with van der Waals surface area (Å²) in [6.07, 6.45) is 7.01. The topological polar surface area (TPSA) is 69.6 Å². The summed E-state index contributed by atoms with van der Waals surface area (Å²) in [5.41, 5.74) is 0. The minimum absolute atomic E-state index is 0.00220. The Morgan fingerprint density at radius 2 is 1.57 bits per heavy atom. The largest absolute Gasteiger partial charge is 0.391 e. The molecule has 0 aromatic carbocycles. The molecule has 1 aliphatic heterocycles. The van der Waals surface area contributed by atoms with Crippen LogP contribution >= 0.6 is 0 Å². The Labute approximate surface area is 126 Å². The molecule has 2 N–H and O–H groups in total. The predicted molar refractivity (Wildman–Crippen MR) is 78.4 cm³/mol. The van der Waals surface area contributed by atoms with E-state index in [0.29, 0.717) is 13.1 Å². The second kappa shape index (κ2) is 6.34. The summed E-state index contributed by atoms with van der Waals surface area (Å²) in [6.45, 7) is 1.42. The molecule has 2 atom stereocenters. The standard InChI is InChI=1S/C16H26N2O3/c19-14-4-2-1-3-13(14)17-15(20)11-7-9-18(10-8-11)16(21)12-5-6-12/h11-14,19H,1-10H2,(H,17,20). The number of hydrogen-bond acceptors (Lipinski definition) is 3. The maximum atomic E-state index is 12.3. The second-order valence-electron chi connectivity index (χ2n) is 6.84. The van der Waals surface area contributed by atoms with Crippen molar-refractivity contribution in [3.63, 3.8) is 0 Å². The molecule has 2 unspecified atom stereocenters. The zero-order chi connectivity index (χ0) is 14.8. The molecule has 5 heteroatoms. The highest BCUT2D eigenvalue weighted by Gasteiger charge is 2.36. The smallest absolute Gasteiger partial charge is 0.225 e. The highest BCUT2D eigenvalue weighted by molar-refractivity contribution is 5.82. The monoisotopic (exact) mass is 294 g/mol. The molecule has 3 aliphatic rings. The van der Waals surface area contributed by atoms with Crippen LogP contribution < -0.4 is 5.32 Å². The van der Waals surface area contributed by atoms with Crippen LogP contribution in [0.5, 0.6) is 0 Å². The van der Waals surface area contributed by atoms with Crippen molar-refractivity contribution in [2.75, 3.05) is 13.1 Å². The van der Waals surface area contributed by atoms with Gasteiger partial charge in [0.1, 0.15) is 0 Å². The maximum absolute atomic E-state index is 12.3. The first-order valence-electron chi connectivity index (χ1n) is 8.42. The van der Waals surface area contributed by atoms with Crippen LogP contribution in [-0.2, 0) is 9.59 Å². The first-order chi connectivity index (χ1) is 10.1. The Balaban J connectivity index is 1.45. The van der Waals surface area contributed by atoms with E-state index in [1.165, 1.54) is 0 Å². The molecule has 2 aliphatic carbocycles. The SMILES string of the molecule is O=C(NC1CCCCC1O)C1CCN(C(=O)C2CC2)CC1. The van der Waals surface area contributed by atoms with Gasteiger partial charge in [0.2, 0.25) is 11.8 Å². The number of piperidine rings is 1. The normalized spacial score (nSPS) is 31.0. The van der Waals surface area contributed by atoms with Crippen molar-refractivity contribution in [2.24, 2.45) is 11.8 Å². The minimum atomic E-state index is -0.390. The molecule has 0 bridgehead atoms. The van der Waals surface area contributed by atoms with E-state index in [9.17, 15) is 14.7 Å². The molecule has 2 amide bonds. The third kappa shape index (κ3) is 3.57. The molecule has 0 radical (unpaired) electrons. The summed E-state index contributed by atoms with van der Waals surface area (Å²) >= 11 is 0. The number of aliphatic hydroxyl groups is 1. The molecule has 5 nitrogen and oxygen atoms in total. The van der Waals surface area contributed by atoms with Crippen molar-refractivity contribution < 1.29 is 14.7 Å². The lowest BCUT2D eigenvalue weighted by molar-refractivity contribution is -0.137. The van der Waals surface area contributed by atoms with Crippen molar-refractivity contribution in [3.05, 3.63) is 0 Å². The third-order valence-electron chi connectivity index (χ3n) is 5.16. The van der Waals surface area contributed by atoms with Gasteiger partial charge < -0.3 is 15.3 Å². The second-order valence-corrected chi connectivity index (χ2v) is 6.84. The molecular formula is C16H26N2O3. The van der Waals surface area contributed by atoms with Gasteiger partial charge in [-0.05, 0) is 38.5 Å². The number of carbonyl (C=O) groups is 2. The van der Waals surface area contributed by atoms with Crippen LogP contribution in [0.25, 0.3) is 0 Å². The number of aliphatic hydroxyl groups excluding tert-OH is 1. The van der Waals surface area contributed by atoms with Gasteiger partial charge in [0.05, 0.1) is 12.1 Å². The number of amides is 2. The molecule has 1 heterocycles. The zero-order valence-corrected chi connectivity index (χ0v) is 12.6. The number of likely N-dealkylation sites (tertiary alicyclic amines) is 1. The van der Waals surface area contributed by atoms with Crippen molar-refractivity contribution in [3.8, 4) is 0 Å². The van der Waals surface area contributed by atoms with E-state index in [-0.39, 0.29) is 35.8 Å². The highest BCUT2D eigenvalue weighted by Crippen LogP contribution is 2.32. The van der Waals surface area contributed by atoms with Crippen molar-refractivity contribution >= 4 is 11.8 Å². The summed E-state index contributed by atoms with van der Waals surface area (Å²) in [7, 11) is 0. The molecule has 0 spiro atoms. The number of hydrogen-bond donors (Lipinski definition) is 2. The highest BCUT2D eigenvalue weighted by atomic mass is 16.3. The van der Waals surface area contributed by atoms with Crippen LogP contribution in [0.1, 0.15) is 51.4 Å². The van der Waals surface area contributed by atoms with Gasteiger partial charge in [-0.2, -0.15) is 0 Å². The van der Waals surface area contributed by atoms with Gasteiger partial charge in [0.25, 0.3) is 0 Å². The van der Waals surface area contributed by atoms with Gasteiger partial charge in [-0.15, -0.1) is 0 Å². The van der Waals surface area contributed by atoms with E-state index in [1.54, 1.807) is 0 Å². The Bertz CT molecular complexity index is 400. The van der Waals surface area contributed by atoms with Gasteiger partial charge >= 0.3 is 0 Å². The molecule has 0 aromatic heterocycles.